The summed E-state index contributed by atoms with van der Waals surface area (Å²) in [5, 5.41) is 1.25. The topological polar surface area (TPSA) is 38.9 Å². The molecule has 2 heteroatoms. The molecule has 1 aliphatic rings. The van der Waals surface area contributed by atoms with E-state index in [1.807, 2.05) is 6.20 Å². The lowest BCUT2D eigenvalue weighted by Crippen LogP contribution is -2.39. The van der Waals surface area contributed by atoms with Crippen LogP contribution in [-0.2, 0) is 6.42 Å². The molecule has 0 aliphatic heterocycles. The van der Waals surface area contributed by atoms with Crippen molar-refractivity contribution in [2.24, 2.45) is 11.1 Å². The molecule has 2 aromatic rings. The smallest absolute Gasteiger partial charge is 0.0702 e. The highest BCUT2D eigenvalue weighted by molar-refractivity contribution is 5.79. The largest absolute Gasteiger partial charge is 0.330 e. The van der Waals surface area contributed by atoms with Gasteiger partial charge in [-0.25, -0.2) is 0 Å². The highest BCUT2D eigenvalue weighted by Gasteiger charge is 2.35. The molecule has 0 atom stereocenters. The summed E-state index contributed by atoms with van der Waals surface area (Å²) < 4.78 is 0. The lowest BCUT2D eigenvalue weighted by Gasteiger charge is -2.41. The Balaban J connectivity index is 1.93. The van der Waals surface area contributed by atoms with Crippen LogP contribution in [0.15, 0.2) is 30.5 Å². The molecule has 0 amide bonds. The number of fused-ring (bicyclic) bond motifs is 1. The van der Waals surface area contributed by atoms with Crippen LogP contribution in [0.2, 0.25) is 0 Å². The van der Waals surface area contributed by atoms with Crippen molar-refractivity contribution < 1.29 is 0 Å². The summed E-state index contributed by atoms with van der Waals surface area (Å²) in [5.41, 5.74) is 10.0. The molecule has 0 spiro atoms. The second-order valence-electron chi connectivity index (χ2n) is 5.77. The maximum Gasteiger partial charge on any atom is 0.0702 e. The number of nitrogens with two attached hydrogens (primary N) is 1. The highest BCUT2D eigenvalue weighted by atomic mass is 14.6. The Morgan fingerprint density at radius 2 is 2.11 bits per heavy atom. The second kappa shape index (κ2) is 4.36. The van der Waals surface area contributed by atoms with Gasteiger partial charge in [0, 0.05) is 11.6 Å². The van der Waals surface area contributed by atoms with Gasteiger partial charge in [0.1, 0.15) is 0 Å². The molecule has 1 fully saturated rings. The number of hydrogen-bond acceptors (Lipinski definition) is 2. The Morgan fingerprint density at radius 3 is 2.78 bits per heavy atom. The predicted molar refractivity (Wildman–Crippen MR) is 75.5 cm³/mol. The lowest BCUT2D eigenvalue weighted by molar-refractivity contribution is 0.145. The number of pyridine rings is 1. The minimum atomic E-state index is 0.380. The van der Waals surface area contributed by atoms with Gasteiger partial charge in [-0.3, -0.25) is 4.98 Å². The van der Waals surface area contributed by atoms with E-state index >= 15 is 0 Å². The molecule has 0 saturated heterocycles. The summed E-state index contributed by atoms with van der Waals surface area (Å²) in [6, 6.07) is 8.83. The summed E-state index contributed by atoms with van der Waals surface area (Å²) in [4.78, 5) is 4.45. The molecule has 1 heterocycles. The lowest BCUT2D eigenvalue weighted by atomic mass is 9.65. The first kappa shape index (κ1) is 11.7. The van der Waals surface area contributed by atoms with Gasteiger partial charge in [-0.1, -0.05) is 12.5 Å². The van der Waals surface area contributed by atoms with Crippen molar-refractivity contribution in [2.75, 3.05) is 6.54 Å². The Bertz CT molecular complexity index is 565. The zero-order valence-electron chi connectivity index (χ0n) is 10.9. The maximum atomic E-state index is 5.94. The number of benzene rings is 1. The van der Waals surface area contributed by atoms with E-state index in [1.165, 1.54) is 35.8 Å². The zero-order chi connectivity index (χ0) is 12.6. The van der Waals surface area contributed by atoms with Crippen LogP contribution < -0.4 is 5.73 Å². The van der Waals surface area contributed by atoms with Crippen LogP contribution in [0.5, 0.6) is 0 Å². The Hall–Kier alpha value is -1.41. The summed E-state index contributed by atoms with van der Waals surface area (Å²) in [6.45, 7) is 2.91. The van der Waals surface area contributed by atoms with Crippen molar-refractivity contribution in [1.29, 1.82) is 0 Å². The molecule has 94 valence electrons. The molecule has 0 unspecified atom stereocenters. The van der Waals surface area contributed by atoms with Crippen LogP contribution in [0, 0.1) is 12.3 Å². The average molecular weight is 240 g/mol. The fourth-order valence-corrected chi connectivity index (χ4v) is 2.96. The molecular weight excluding hydrogens is 220 g/mol. The summed E-state index contributed by atoms with van der Waals surface area (Å²) >= 11 is 0. The molecule has 18 heavy (non-hydrogen) atoms. The van der Waals surface area contributed by atoms with Gasteiger partial charge in [0.25, 0.3) is 0 Å². The third-order valence-corrected chi connectivity index (χ3v) is 4.31. The Kier molecular flexibility index (Phi) is 2.83. The van der Waals surface area contributed by atoms with Gasteiger partial charge in [-0.2, -0.15) is 0 Å². The van der Waals surface area contributed by atoms with Crippen molar-refractivity contribution in [2.45, 2.75) is 32.6 Å². The normalized spacial score (nSPS) is 17.7. The molecule has 2 N–H and O–H groups in total. The Morgan fingerprint density at radius 1 is 1.28 bits per heavy atom. The number of aromatic nitrogens is 1. The summed E-state index contributed by atoms with van der Waals surface area (Å²) in [6.07, 6.45) is 6.95. The first-order valence-corrected chi connectivity index (χ1v) is 6.76. The van der Waals surface area contributed by atoms with Crippen LogP contribution in [0.1, 0.15) is 30.4 Å². The third kappa shape index (κ3) is 2.01. The Labute approximate surface area is 108 Å². The second-order valence-corrected chi connectivity index (χ2v) is 5.77. The minimum absolute atomic E-state index is 0.380. The average Bonchev–Trinajstić information content (AvgIpc) is 2.33. The van der Waals surface area contributed by atoms with E-state index in [2.05, 4.69) is 36.2 Å². The van der Waals surface area contributed by atoms with Crippen LogP contribution in [0.25, 0.3) is 10.9 Å². The molecule has 0 bridgehead atoms. The first-order valence-electron chi connectivity index (χ1n) is 6.76. The molecule has 3 rings (SSSR count). The molecule has 0 radical (unpaired) electrons. The first-order chi connectivity index (χ1) is 8.71. The van der Waals surface area contributed by atoms with Crippen molar-refractivity contribution in [1.82, 2.24) is 4.98 Å². The van der Waals surface area contributed by atoms with Gasteiger partial charge in [0.05, 0.1) is 5.52 Å². The molecule has 1 aromatic carbocycles. The van der Waals surface area contributed by atoms with Gasteiger partial charge in [0.2, 0.25) is 0 Å². The van der Waals surface area contributed by atoms with Crippen LogP contribution in [0.4, 0.5) is 0 Å². The van der Waals surface area contributed by atoms with E-state index in [4.69, 9.17) is 5.73 Å². The van der Waals surface area contributed by atoms with Gasteiger partial charge in [0.15, 0.2) is 0 Å². The van der Waals surface area contributed by atoms with Crippen molar-refractivity contribution in [3.05, 3.63) is 41.6 Å². The minimum Gasteiger partial charge on any atom is -0.330 e. The standard InChI is InChI=1S/C16H20N2/c1-12-7-14-8-13(3-4-15(14)18-10-12)9-16(11-17)5-2-6-16/h3-4,7-8,10H,2,5-6,9,11,17H2,1H3. The van der Waals surface area contributed by atoms with Crippen LogP contribution in [-0.4, -0.2) is 11.5 Å². The molecule has 1 aliphatic carbocycles. The van der Waals surface area contributed by atoms with Gasteiger partial charge < -0.3 is 5.73 Å². The molecule has 1 aromatic heterocycles. The fourth-order valence-electron chi connectivity index (χ4n) is 2.96. The van der Waals surface area contributed by atoms with E-state index in [0.29, 0.717) is 5.41 Å². The summed E-state index contributed by atoms with van der Waals surface area (Å²) in [7, 11) is 0. The van der Waals surface area contributed by atoms with Crippen molar-refractivity contribution >= 4 is 10.9 Å². The van der Waals surface area contributed by atoms with E-state index < -0.39 is 0 Å². The number of rotatable bonds is 3. The maximum absolute atomic E-state index is 5.94. The predicted octanol–water partition coefficient (Wildman–Crippen LogP) is 3.21. The zero-order valence-corrected chi connectivity index (χ0v) is 10.9. The SMILES string of the molecule is Cc1cnc2ccc(CC3(CN)CCC3)cc2c1. The fraction of sp³-hybridized carbons (Fsp3) is 0.438. The van der Waals surface area contributed by atoms with Crippen molar-refractivity contribution in [3.8, 4) is 0 Å². The quantitative estimate of drug-likeness (QED) is 0.894. The van der Waals surface area contributed by atoms with Crippen molar-refractivity contribution in [3.63, 3.8) is 0 Å². The van der Waals surface area contributed by atoms with Gasteiger partial charge in [-0.15, -0.1) is 0 Å². The number of hydrogen-bond donors (Lipinski definition) is 1. The number of aryl methyl sites for hydroxylation is 1. The van der Waals surface area contributed by atoms with Crippen LogP contribution in [0.3, 0.4) is 0 Å². The van der Waals surface area contributed by atoms with E-state index in [1.54, 1.807) is 0 Å². The molecular formula is C16H20N2. The van der Waals surface area contributed by atoms with E-state index in [9.17, 15) is 0 Å². The third-order valence-electron chi connectivity index (χ3n) is 4.31. The van der Waals surface area contributed by atoms with Crippen LogP contribution >= 0.6 is 0 Å². The molecule has 2 nitrogen and oxygen atoms in total. The molecule has 1 saturated carbocycles. The van der Waals surface area contributed by atoms with Gasteiger partial charge >= 0.3 is 0 Å². The monoisotopic (exact) mass is 240 g/mol. The van der Waals surface area contributed by atoms with Gasteiger partial charge in [-0.05, 0) is 67.5 Å². The highest BCUT2D eigenvalue weighted by Crippen LogP contribution is 2.42. The number of nitrogens with zero attached hydrogens (tertiary/aromatic N) is 1. The van der Waals surface area contributed by atoms with E-state index in [-0.39, 0.29) is 0 Å². The van der Waals surface area contributed by atoms with E-state index in [0.717, 1.165) is 18.5 Å². The summed E-state index contributed by atoms with van der Waals surface area (Å²) in [5.74, 6) is 0.